The van der Waals surface area contributed by atoms with Gasteiger partial charge in [-0.25, -0.2) is 12.8 Å². The lowest BCUT2D eigenvalue weighted by atomic mass is 9.86. The number of hydrogen-bond acceptors (Lipinski definition) is 6. The van der Waals surface area contributed by atoms with Crippen LogP contribution in [0.15, 0.2) is 35.5 Å². The van der Waals surface area contributed by atoms with E-state index < -0.39 is 49.6 Å². The van der Waals surface area contributed by atoms with Crippen molar-refractivity contribution in [2.75, 3.05) is 19.4 Å². The topological polar surface area (TPSA) is 85.3 Å². The summed E-state index contributed by atoms with van der Waals surface area (Å²) in [4.78, 5) is 22.9. The summed E-state index contributed by atoms with van der Waals surface area (Å²) in [7, 11) is -3.54. The number of carbonyl (C=O) groups excluding carboxylic acids is 1. The summed E-state index contributed by atoms with van der Waals surface area (Å²) < 4.78 is 80.5. The van der Waals surface area contributed by atoms with E-state index in [2.05, 4.69) is 5.16 Å². The molecule has 200 valence electrons. The molecule has 37 heavy (non-hydrogen) atoms. The second-order valence-corrected chi connectivity index (χ2v) is 11.6. The molecule has 2 heterocycles. The number of ketones is 1. The van der Waals surface area contributed by atoms with Gasteiger partial charge in [-0.2, -0.15) is 13.2 Å². The van der Waals surface area contributed by atoms with Crippen LogP contribution in [0.5, 0.6) is 0 Å². The number of benzene rings is 2. The molecule has 2 aliphatic heterocycles. The highest BCUT2D eigenvalue weighted by molar-refractivity contribution is 7.88. The Morgan fingerprint density at radius 2 is 1.86 bits per heavy atom. The van der Waals surface area contributed by atoms with Gasteiger partial charge in [0, 0.05) is 36.4 Å². The number of Topliss-reactive ketones (excluding diaryl/α,β-unsaturated/α-hetero) is 1. The molecule has 0 aliphatic carbocycles. The molecule has 14 heteroatoms. The quantitative estimate of drug-likeness (QED) is 0.258. The Balaban J connectivity index is 1.54. The fourth-order valence-corrected chi connectivity index (χ4v) is 5.46. The van der Waals surface area contributed by atoms with Crippen LogP contribution in [-0.4, -0.2) is 50.0 Å². The number of rotatable bonds is 6. The van der Waals surface area contributed by atoms with E-state index in [0.29, 0.717) is 16.7 Å². The van der Waals surface area contributed by atoms with Gasteiger partial charge in [-0.3, -0.25) is 9.63 Å². The molecule has 2 aromatic rings. The molecule has 0 aromatic heterocycles. The Labute approximate surface area is 219 Å². The summed E-state index contributed by atoms with van der Waals surface area (Å²) in [5.74, 6) is -1.65. The maximum atomic E-state index is 14.2. The molecule has 2 aromatic carbocycles. The average Bonchev–Trinajstić information content (AvgIpc) is 3.45. The predicted octanol–water partition coefficient (Wildman–Crippen LogP) is 5.42. The van der Waals surface area contributed by atoms with Crippen molar-refractivity contribution in [2.45, 2.75) is 31.5 Å². The van der Waals surface area contributed by atoms with Crippen molar-refractivity contribution in [3.8, 4) is 0 Å². The van der Waals surface area contributed by atoms with Gasteiger partial charge >= 0.3 is 6.18 Å². The van der Waals surface area contributed by atoms with Gasteiger partial charge in [-0.1, -0.05) is 45.0 Å². The Hall–Kier alpha value is -2.25. The van der Waals surface area contributed by atoms with E-state index in [9.17, 15) is 30.8 Å². The summed E-state index contributed by atoms with van der Waals surface area (Å²) in [5.41, 5.74) is -2.35. The van der Waals surface area contributed by atoms with Crippen molar-refractivity contribution in [3.63, 3.8) is 0 Å². The normalized spacial score (nSPS) is 22.7. The lowest BCUT2D eigenvalue weighted by Gasteiger charge is -2.29. The third kappa shape index (κ3) is 5.35. The van der Waals surface area contributed by atoms with Gasteiger partial charge in [0.25, 0.3) is 5.60 Å². The van der Waals surface area contributed by atoms with Crippen LogP contribution in [0.25, 0.3) is 0 Å². The maximum Gasteiger partial charge on any atom is 0.435 e. The highest BCUT2D eigenvalue weighted by atomic mass is 35.5. The first-order valence-electron chi connectivity index (χ1n) is 10.8. The maximum absolute atomic E-state index is 14.2. The Morgan fingerprint density at radius 3 is 2.41 bits per heavy atom. The van der Waals surface area contributed by atoms with Gasteiger partial charge in [-0.15, -0.1) is 0 Å². The fourth-order valence-electron chi connectivity index (χ4n) is 4.23. The molecular weight excluding hydrogens is 563 g/mol. The van der Waals surface area contributed by atoms with Crippen molar-refractivity contribution >= 4 is 44.7 Å². The van der Waals surface area contributed by atoms with E-state index >= 15 is 0 Å². The van der Waals surface area contributed by atoms with E-state index in [0.717, 1.165) is 22.9 Å². The van der Waals surface area contributed by atoms with Crippen LogP contribution in [0.1, 0.15) is 39.9 Å². The van der Waals surface area contributed by atoms with E-state index in [1.807, 2.05) is 0 Å². The Morgan fingerprint density at radius 1 is 1.22 bits per heavy atom. The summed E-state index contributed by atoms with van der Waals surface area (Å²) in [6.45, 7) is 1.74. The number of carbonyl (C=O) groups is 1. The molecular formula is C23H20Cl2F4N2O5S. The molecule has 2 atom stereocenters. The van der Waals surface area contributed by atoms with Gasteiger partial charge in [0.15, 0.2) is 11.6 Å². The molecule has 0 saturated carbocycles. The number of aryl methyl sites for hydroxylation is 1. The number of nitrogens with zero attached hydrogens (tertiary/aromatic N) is 2. The van der Waals surface area contributed by atoms with Crippen LogP contribution < -0.4 is 0 Å². The van der Waals surface area contributed by atoms with E-state index in [1.54, 1.807) is 6.92 Å². The largest absolute Gasteiger partial charge is 0.435 e. The van der Waals surface area contributed by atoms with E-state index in [4.69, 9.17) is 32.9 Å². The molecule has 0 unspecified atom stereocenters. The lowest BCUT2D eigenvalue weighted by molar-refractivity contribution is -0.275. The first-order valence-corrected chi connectivity index (χ1v) is 13.4. The van der Waals surface area contributed by atoms with E-state index in [1.165, 1.54) is 18.2 Å². The van der Waals surface area contributed by atoms with Crippen molar-refractivity contribution in [3.05, 3.63) is 68.4 Å². The zero-order valence-corrected chi connectivity index (χ0v) is 21.7. The third-order valence-corrected chi connectivity index (χ3v) is 7.75. The van der Waals surface area contributed by atoms with Crippen LogP contribution in [0.2, 0.25) is 10.0 Å². The minimum absolute atomic E-state index is 0.0273. The SMILES string of the molecule is Cc1cc(C2=NO[C@@](c3cc(Cl)c(F)c(Cl)c3)(C(F)(F)F)C2)ccc1C(=O)C[C@@H]1CON(S(C)(=O)=O)C1. The first kappa shape index (κ1) is 27.8. The van der Waals surface area contributed by atoms with Crippen LogP contribution in [0, 0.1) is 18.7 Å². The molecule has 1 fully saturated rings. The minimum Gasteiger partial charge on any atom is -0.374 e. The summed E-state index contributed by atoms with van der Waals surface area (Å²) >= 11 is 11.5. The van der Waals surface area contributed by atoms with Gasteiger partial charge in [0.1, 0.15) is 0 Å². The molecule has 0 N–H and O–H groups in total. The van der Waals surface area contributed by atoms with Crippen molar-refractivity contribution in [2.24, 2.45) is 11.1 Å². The van der Waals surface area contributed by atoms with Gasteiger partial charge in [0.2, 0.25) is 10.0 Å². The number of hydroxylamine groups is 1. The molecule has 4 rings (SSSR count). The average molecular weight is 583 g/mol. The van der Waals surface area contributed by atoms with Crippen molar-refractivity contribution < 1.29 is 40.4 Å². The van der Waals surface area contributed by atoms with E-state index in [-0.39, 0.29) is 37.0 Å². The van der Waals surface area contributed by atoms with Crippen LogP contribution in [-0.2, 0) is 25.3 Å². The van der Waals surface area contributed by atoms with Crippen molar-refractivity contribution in [1.82, 2.24) is 4.47 Å². The molecule has 7 nitrogen and oxygen atoms in total. The summed E-state index contributed by atoms with van der Waals surface area (Å²) in [5, 5.41) is 2.49. The number of oxime groups is 1. The molecule has 1 saturated heterocycles. The van der Waals surface area contributed by atoms with Gasteiger partial charge < -0.3 is 4.84 Å². The van der Waals surface area contributed by atoms with Crippen molar-refractivity contribution in [1.29, 1.82) is 0 Å². The van der Waals surface area contributed by atoms with Gasteiger partial charge in [-0.05, 0) is 36.2 Å². The smallest absolute Gasteiger partial charge is 0.374 e. The zero-order valence-electron chi connectivity index (χ0n) is 19.4. The second kappa shape index (κ2) is 9.81. The number of alkyl halides is 3. The first-order chi connectivity index (χ1) is 17.1. The fraction of sp³-hybridized carbons (Fsp3) is 0.391. The highest BCUT2D eigenvalue weighted by Gasteiger charge is 2.62. The van der Waals surface area contributed by atoms with Gasteiger partial charge in [0.05, 0.1) is 28.6 Å². The van der Waals surface area contributed by atoms with Crippen LogP contribution >= 0.6 is 23.2 Å². The summed E-state index contributed by atoms with van der Waals surface area (Å²) in [6.07, 6.45) is -4.65. The molecule has 0 radical (unpaired) electrons. The number of sulfonamides is 1. The molecule has 0 bridgehead atoms. The lowest BCUT2D eigenvalue weighted by Crippen LogP contribution is -2.42. The predicted molar refractivity (Wildman–Crippen MR) is 128 cm³/mol. The minimum atomic E-state index is -4.95. The number of hydrogen-bond donors (Lipinski definition) is 0. The molecule has 0 amide bonds. The second-order valence-electron chi connectivity index (χ2n) is 8.95. The third-order valence-electron chi connectivity index (χ3n) is 6.20. The Kier molecular flexibility index (Phi) is 7.36. The highest BCUT2D eigenvalue weighted by Crippen LogP contribution is 2.50. The van der Waals surface area contributed by atoms with Crippen LogP contribution in [0.3, 0.4) is 0 Å². The van der Waals surface area contributed by atoms with Crippen LogP contribution in [0.4, 0.5) is 17.6 Å². The Bertz CT molecular complexity index is 1380. The summed E-state index contributed by atoms with van der Waals surface area (Å²) in [6, 6.07) is 6.05. The molecule has 2 aliphatic rings. The monoisotopic (exact) mass is 582 g/mol. The zero-order chi connectivity index (χ0) is 27.3. The standard InChI is InChI=1S/C23H20Cl2F4N2O5S/c1-12-5-14(3-4-16(12)20(32)6-13-10-31(35-11-13)37(2,33)34)19-9-22(36-30-19,23(27,28)29)15-7-17(24)21(26)18(25)8-15/h3-5,7-8,13H,6,9-11H2,1-2H3/t13-,22-/m0/s1. The molecule has 0 spiro atoms. The number of halogens is 6.